The first-order valence-corrected chi connectivity index (χ1v) is 27.2. The van der Waals surface area contributed by atoms with Crippen molar-refractivity contribution in [2.75, 3.05) is 6.61 Å². The molecule has 19 heteroatoms. The first-order valence-electron chi connectivity index (χ1n) is 26.4. The molecule has 0 atom stereocenters. The standard InChI is InChI=1S/C29H29ClN6O3.C29H31ClN6O2/c1-2-39-28(38)8-5-20-11-21(19-3-4-19)14-35-16-24(33-29(20)35)17-36-15-22(13-32-36)27(37)7-6-25-26-12-23(30)9-10-34(26)18-31-25;1-29(2,38)9-7-20-11-21(19-3-4-19)14-35-16-24(33-28(20)35)17-36-15-22(13-32-36)27(37)6-5-25-26-12-23(30)8-10-34(26)18-31-25/h9-16,18-19H,2-8,17H2,1H3;8,10-16,18-19,38H,3-7,9,17H2,1-2H3. The van der Waals surface area contributed by atoms with Crippen LogP contribution in [-0.4, -0.2) is 91.9 Å². The number of aryl methyl sites for hydroxylation is 4. The molecule has 10 aromatic heterocycles. The second-order valence-electron chi connectivity index (χ2n) is 21.0. The summed E-state index contributed by atoms with van der Waals surface area (Å²) in [7, 11) is 0. The van der Waals surface area contributed by atoms with Crippen LogP contribution in [0.3, 0.4) is 0 Å². The predicted octanol–water partition coefficient (Wildman–Crippen LogP) is 10.3. The fourth-order valence-corrected chi connectivity index (χ4v) is 10.2. The van der Waals surface area contributed by atoms with E-state index in [1.54, 1.807) is 52.9 Å². The van der Waals surface area contributed by atoms with Crippen molar-refractivity contribution in [3.63, 3.8) is 0 Å². The Morgan fingerprint density at radius 3 is 1.57 bits per heavy atom. The molecule has 0 spiro atoms. The van der Waals surface area contributed by atoms with E-state index in [9.17, 15) is 19.5 Å². The minimum atomic E-state index is -0.724. The minimum Gasteiger partial charge on any atom is -0.466 e. The fourth-order valence-electron chi connectivity index (χ4n) is 9.89. The van der Waals surface area contributed by atoms with Gasteiger partial charge in [-0.3, -0.25) is 23.7 Å². The number of nitrogens with zero attached hydrogens (tertiary/aromatic N) is 12. The third-order valence-corrected chi connectivity index (χ3v) is 14.8. The summed E-state index contributed by atoms with van der Waals surface area (Å²) in [6.07, 6.45) is 31.3. The van der Waals surface area contributed by atoms with Gasteiger partial charge in [0.25, 0.3) is 0 Å². The van der Waals surface area contributed by atoms with E-state index in [-0.39, 0.29) is 17.5 Å². The highest BCUT2D eigenvalue weighted by atomic mass is 35.5. The van der Waals surface area contributed by atoms with Crippen molar-refractivity contribution < 1.29 is 24.2 Å². The Labute approximate surface area is 454 Å². The Morgan fingerprint density at radius 2 is 1.12 bits per heavy atom. The van der Waals surface area contributed by atoms with Crippen LogP contribution < -0.4 is 0 Å². The summed E-state index contributed by atoms with van der Waals surface area (Å²) >= 11 is 12.3. The van der Waals surface area contributed by atoms with Gasteiger partial charge in [0.2, 0.25) is 0 Å². The van der Waals surface area contributed by atoms with Crippen molar-refractivity contribution in [2.45, 2.75) is 128 Å². The number of fused-ring (bicyclic) bond motifs is 4. The second-order valence-corrected chi connectivity index (χ2v) is 21.9. The number of rotatable bonds is 21. The lowest BCUT2D eigenvalue weighted by Crippen LogP contribution is -2.19. The zero-order valence-corrected chi connectivity index (χ0v) is 44.9. The van der Waals surface area contributed by atoms with Gasteiger partial charge in [0, 0.05) is 78.9 Å². The van der Waals surface area contributed by atoms with Gasteiger partial charge in [-0.25, -0.2) is 19.9 Å². The smallest absolute Gasteiger partial charge is 0.306 e. The second kappa shape index (κ2) is 21.9. The monoisotopic (exact) mass is 1070 g/mol. The third-order valence-electron chi connectivity index (χ3n) is 14.3. The third kappa shape index (κ3) is 12.4. The number of pyridine rings is 4. The van der Waals surface area contributed by atoms with E-state index in [1.807, 2.05) is 72.6 Å². The van der Waals surface area contributed by atoms with Gasteiger partial charge in [-0.1, -0.05) is 35.3 Å². The first-order chi connectivity index (χ1) is 37.2. The van der Waals surface area contributed by atoms with Crippen molar-refractivity contribution in [3.05, 3.63) is 177 Å². The highest BCUT2D eigenvalue weighted by Gasteiger charge is 2.27. The highest BCUT2D eigenvalue weighted by Crippen LogP contribution is 2.42. The quantitative estimate of drug-likeness (QED) is 0.0533. The Balaban J connectivity index is 0.000000164. The van der Waals surface area contributed by atoms with E-state index >= 15 is 0 Å². The van der Waals surface area contributed by atoms with Crippen molar-refractivity contribution in [1.29, 1.82) is 0 Å². The molecule has 0 aliphatic heterocycles. The van der Waals surface area contributed by atoms with Crippen LogP contribution in [-0.2, 0) is 48.3 Å². The number of hydrogen-bond donors (Lipinski definition) is 1. The topological polar surface area (TPSA) is 186 Å². The molecule has 2 fully saturated rings. The Bertz CT molecular complexity index is 3810. The van der Waals surface area contributed by atoms with E-state index in [0.29, 0.717) is 97.7 Å². The summed E-state index contributed by atoms with van der Waals surface area (Å²) in [5, 5.41) is 20.4. The Hall–Kier alpha value is -7.47. The van der Waals surface area contributed by atoms with E-state index in [4.69, 9.17) is 37.9 Å². The summed E-state index contributed by atoms with van der Waals surface area (Å²) in [5.41, 5.74) is 12.2. The molecular weight excluding hydrogens is 1020 g/mol. The number of esters is 1. The van der Waals surface area contributed by atoms with E-state index in [0.717, 1.165) is 62.7 Å². The predicted molar refractivity (Wildman–Crippen MR) is 292 cm³/mol. The number of aromatic nitrogens is 12. The largest absolute Gasteiger partial charge is 0.466 e. The molecule has 2 aliphatic carbocycles. The number of ether oxygens (including phenoxy) is 1. The average Bonchev–Trinajstić information content (AvgIpc) is 4.08. The van der Waals surface area contributed by atoms with Crippen LogP contribution in [0, 0.1) is 0 Å². The van der Waals surface area contributed by atoms with Crippen LogP contribution in [0.4, 0.5) is 0 Å². The lowest BCUT2D eigenvalue weighted by Gasteiger charge is -2.17. The van der Waals surface area contributed by atoms with Crippen molar-refractivity contribution in [2.24, 2.45) is 0 Å². The maximum Gasteiger partial charge on any atom is 0.306 e. The number of hydrogen-bond acceptors (Lipinski definition) is 11. The number of carbonyl (C=O) groups is 3. The van der Waals surface area contributed by atoms with Gasteiger partial charge in [0.15, 0.2) is 11.6 Å². The van der Waals surface area contributed by atoms with Gasteiger partial charge in [0.1, 0.15) is 11.3 Å². The molecule has 0 saturated heterocycles. The summed E-state index contributed by atoms with van der Waals surface area (Å²) in [6.45, 7) is 6.80. The van der Waals surface area contributed by atoms with Crippen LogP contribution in [0.5, 0.6) is 0 Å². The molecule has 12 rings (SSSR count). The number of carbonyl (C=O) groups excluding carboxylic acids is 3. The minimum absolute atomic E-state index is 0.00903. The van der Waals surface area contributed by atoms with Gasteiger partial charge in [-0.15, -0.1) is 0 Å². The molecule has 0 bridgehead atoms. The van der Waals surface area contributed by atoms with Crippen molar-refractivity contribution >= 4 is 63.1 Å². The van der Waals surface area contributed by atoms with Crippen LogP contribution in [0.1, 0.15) is 150 Å². The molecule has 17 nitrogen and oxygen atoms in total. The number of aliphatic hydroxyl groups is 1. The zero-order chi connectivity index (χ0) is 53.4. The normalized spacial score (nSPS) is 13.7. The molecule has 10 heterocycles. The lowest BCUT2D eigenvalue weighted by molar-refractivity contribution is -0.143. The van der Waals surface area contributed by atoms with Gasteiger partial charge < -0.3 is 27.4 Å². The maximum absolute atomic E-state index is 12.9. The van der Waals surface area contributed by atoms with Crippen LogP contribution in [0.2, 0.25) is 10.0 Å². The number of ketones is 2. The molecule has 10 aromatic rings. The van der Waals surface area contributed by atoms with E-state index < -0.39 is 5.60 Å². The molecule has 0 unspecified atom stereocenters. The van der Waals surface area contributed by atoms with Crippen LogP contribution >= 0.6 is 23.2 Å². The summed E-state index contributed by atoms with van der Waals surface area (Å²) in [5.74, 6) is 1.05. The van der Waals surface area contributed by atoms with Gasteiger partial charge in [-0.05, 0) is 137 Å². The van der Waals surface area contributed by atoms with Gasteiger partial charge >= 0.3 is 5.97 Å². The van der Waals surface area contributed by atoms with Crippen LogP contribution in [0.25, 0.3) is 22.3 Å². The average molecular weight is 1080 g/mol. The molecule has 0 amide bonds. The molecule has 2 aliphatic rings. The molecule has 396 valence electrons. The lowest BCUT2D eigenvalue weighted by atomic mass is 9.98. The van der Waals surface area contributed by atoms with Gasteiger partial charge in [0.05, 0.1) is 95.3 Å². The molecule has 0 aromatic carbocycles. The number of imidazole rings is 4. The number of halogens is 2. The van der Waals surface area contributed by atoms with E-state index in [2.05, 4.69) is 53.5 Å². The molecule has 1 N–H and O–H groups in total. The van der Waals surface area contributed by atoms with Crippen molar-refractivity contribution in [3.8, 4) is 0 Å². The molecule has 2 saturated carbocycles. The van der Waals surface area contributed by atoms with Crippen LogP contribution in [0.15, 0.2) is 111 Å². The molecule has 77 heavy (non-hydrogen) atoms. The van der Waals surface area contributed by atoms with Gasteiger partial charge in [-0.2, -0.15) is 10.2 Å². The van der Waals surface area contributed by atoms with E-state index in [1.165, 1.54) is 36.8 Å². The number of Topliss-reactive ketones (excluding diaryl/α,β-unsaturated/α-hetero) is 2. The summed E-state index contributed by atoms with van der Waals surface area (Å²) in [4.78, 5) is 56.4. The fraction of sp³-hybridized carbons (Fsp3) is 0.362. The molecular formula is C58H60Cl2N12O5. The first kappa shape index (κ1) is 51.6. The zero-order valence-electron chi connectivity index (χ0n) is 43.4. The van der Waals surface area contributed by atoms with Crippen molar-refractivity contribution in [1.82, 2.24) is 57.1 Å². The SMILES string of the molecule is CC(C)(O)CCc1cc(C2CC2)cn2cc(Cn3cc(C(=O)CCc4ncn5ccc(Cl)cc45)cn3)nc12.CCOC(=O)CCc1cc(C2CC2)cn2cc(Cn3cc(C(=O)CCc4ncn5ccc(Cl)cc45)cn3)nc12. The summed E-state index contributed by atoms with van der Waals surface area (Å²) < 4.78 is 16.6. The summed E-state index contributed by atoms with van der Waals surface area (Å²) in [6, 6.07) is 11.8. The Morgan fingerprint density at radius 1 is 0.636 bits per heavy atom. The Kier molecular flexibility index (Phi) is 14.7. The highest BCUT2D eigenvalue weighted by molar-refractivity contribution is 6.31. The molecule has 0 radical (unpaired) electrons. The maximum atomic E-state index is 12.9.